The first-order chi connectivity index (χ1) is 7.18. The molecule has 0 amide bonds. The van der Waals surface area contributed by atoms with Crippen molar-refractivity contribution in [2.24, 2.45) is 0 Å². The normalized spacial score (nSPS) is 10.5. The Morgan fingerprint density at radius 3 is 2.93 bits per heavy atom. The van der Waals surface area contributed by atoms with Crippen LogP contribution in [0.5, 0.6) is 0 Å². The summed E-state index contributed by atoms with van der Waals surface area (Å²) in [7, 11) is 0. The Bertz CT molecular complexity index is 476. The number of aromatic nitrogens is 2. The van der Waals surface area contributed by atoms with Crippen molar-refractivity contribution in [1.82, 2.24) is 9.55 Å². The number of nitrogens with zero attached hydrogens (tertiary/aromatic N) is 2. The molecule has 4 heteroatoms. The van der Waals surface area contributed by atoms with Gasteiger partial charge in [-0.2, -0.15) is 0 Å². The first-order valence-electron chi connectivity index (χ1n) is 4.69. The number of nitrogen functional groups attached to an aromatic ring is 1. The zero-order valence-corrected chi connectivity index (χ0v) is 10.0. The summed E-state index contributed by atoms with van der Waals surface area (Å²) in [5.74, 6) is 1.00. The predicted molar refractivity (Wildman–Crippen MR) is 64.6 cm³/mol. The molecule has 0 aliphatic carbocycles. The van der Waals surface area contributed by atoms with Crippen LogP contribution >= 0.6 is 15.9 Å². The molecule has 0 aliphatic heterocycles. The number of aryl methyl sites for hydroxylation is 1. The lowest BCUT2D eigenvalue weighted by Crippen LogP contribution is -2.02. The van der Waals surface area contributed by atoms with E-state index in [2.05, 4.69) is 31.5 Å². The highest BCUT2D eigenvalue weighted by Gasteiger charge is 2.04. The summed E-state index contributed by atoms with van der Waals surface area (Å²) < 4.78 is 3.05. The minimum atomic E-state index is 0.769. The van der Waals surface area contributed by atoms with Crippen LogP contribution in [-0.2, 0) is 6.54 Å². The lowest BCUT2D eigenvalue weighted by Gasteiger charge is -2.08. The predicted octanol–water partition coefficient (Wildman–Crippen LogP) is 2.58. The van der Waals surface area contributed by atoms with Gasteiger partial charge < -0.3 is 10.3 Å². The second kappa shape index (κ2) is 4.06. The summed E-state index contributed by atoms with van der Waals surface area (Å²) in [6.07, 6.45) is 3.76. The molecule has 78 valence electrons. The Balaban J connectivity index is 2.33. The van der Waals surface area contributed by atoms with Crippen molar-refractivity contribution in [3.63, 3.8) is 0 Å². The number of imidazole rings is 1. The molecule has 1 heterocycles. The molecule has 0 bridgehead atoms. The van der Waals surface area contributed by atoms with Crippen molar-refractivity contribution < 1.29 is 0 Å². The third-order valence-electron chi connectivity index (χ3n) is 2.37. The Kier molecular flexibility index (Phi) is 2.77. The third kappa shape index (κ3) is 2.04. The molecule has 0 aliphatic rings. The van der Waals surface area contributed by atoms with E-state index in [1.54, 1.807) is 6.20 Å². The summed E-state index contributed by atoms with van der Waals surface area (Å²) in [4.78, 5) is 4.18. The molecule has 0 saturated heterocycles. The van der Waals surface area contributed by atoms with Gasteiger partial charge in [-0.1, -0.05) is 12.1 Å². The number of anilines is 1. The molecule has 0 unspecified atom stereocenters. The van der Waals surface area contributed by atoms with E-state index in [0.717, 1.165) is 28.1 Å². The number of hydrogen-bond acceptors (Lipinski definition) is 2. The molecule has 0 spiro atoms. The molecular weight excluding hydrogens is 254 g/mol. The van der Waals surface area contributed by atoms with Crippen LogP contribution in [0.3, 0.4) is 0 Å². The van der Waals surface area contributed by atoms with E-state index in [1.807, 2.05) is 25.3 Å². The largest absolute Gasteiger partial charge is 0.398 e. The third-order valence-corrected chi connectivity index (χ3v) is 3.34. The van der Waals surface area contributed by atoms with Crippen LogP contribution in [0.4, 0.5) is 5.69 Å². The molecule has 2 rings (SSSR count). The molecule has 0 saturated carbocycles. The van der Waals surface area contributed by atoms with Crippen LogP contribution in [0.1, 0.15) is 11.4 Å². The first kappa shape index (κ1) is 10.2. The highest BCUT2D eigenvalue weighted by atomic mass is 79.9. The van der Waals surface area contributed by atoms with Gasteiger partial charge >= 0.3 is 0 Å². The van der Waals surface area contributed by atoms with E-state index in [4.69, 9.17) is 5.73 Å². The topological polar surface area (TPSA) is 43.8 Å². The van der Waals surface area contributed by atoms with Gasteiger partial charge in [0, 0.05) is 29.1 Å². The van der Waals surface area contributed by atoms with Crippen LogP contribution < -0.4 is 5.73 Å². The van der Waals surface area contributed by atoms with Crippen LogP contribution in [0.2, 0.25) is 0 Å². The second-order valence-electron chi connectivity index (χ2n) is 3.42. The fourth-order valence-corrected chi connectivity index (χ4v) is 1.87. The van der Waals surface area contributed by atoms with Gasteiger partial charge in [0.1, 0.15) is 5.82 Å². The molecule has 3 nitrogen and oxygen atoms in total. The van der Waals surface area contributed by atoms with Gasteiger partial charge in [-0.3, -0.25) is 0 Å². The van der Waals surface area contributed by atoms with E-state index in [-0.39, 0.29) is 0 Å². The summed E-state index contributed by atoms with van der Waals surface area (Å²) in [5, 5.41) is 0. The Hall–Kier alpha value is -1.29. The Morgan fingerprint density at radius 2 is 2.27 bits per heavy atom. The monoisotopic (exact) mass is 265 g/mol. The maximum absolute atomic E-state index is 5.82. The Morgan fingerprint density at radius 1 is 1.47 bits per heavy atom. The number of hydrogen-bond donors (Lipinski definition) is 1. The van der Waals surface area contributed by atoms with Crippen LogP contribution in [0.25, 0.3) is 0 Å². The summed E-state index contributed by atoms with van der Waals surface area (Å²) >= 11 is 3.49. The lowest BCUT2D eigenvalue weighted by atomic mass is 10.2. The highest BCUT2D eigenvalue weighted by Crippen LogP contribution is 2.24. The van der Waals surface area contributed by atoms with Crippen molar-refractivity contribution >= 4 is 21.6 Å². The van der Waals surface area contributed by atoms with E-state index < -0.39 is 0 Å². The summed E-state index contributed by atoms with van der Waals surface area (Å²) in [6, 6.07) is 5.90. The number of rotatable bonds is 2. The van der Waals surface area contributed by atoms with Crippen LogP contribution in [0.15, 0.2) is 35.1 Å². The van der Waals surface area contributed by atoms with E-state index in [1.165, 1.54) is 0 Å². The number of nitrogens with two attached hydrogens (primary N) is 1. The van der Waals surface area contributed by atoms with Crippen molar-refractivity contribution in [3.8, 4) is 0 Å². The van der Waals surface area contributed by atoms with Gasteiger partial charge in [-0.15, -0.1) is 0 Å². The van der Waals surface area contributed by atoms with Crippen molar-refractivity contribution in [1.29, 1.82) is 0 Å². The van der Waals surface area contributed by atoms with Gasteiger partial charge in [-0.05, 0) is 34.5 Å². The molecule has 2 aromatic rings. The minimum absolute atomic E-state index is 0.769. The zero-order valence-electron chi connectivity index (χ0n) is 8.44. The lowest BCUT2D eigenvalue weighted by molar-refractivity contribution is 0.759. The van der Waals surface area contributed by atoms with Gasteiger partial charge in [0.2, 0.25) is 0 Å². The molecule has 0 fully saturated rings. The molecule has 2 N–H and O–H groups in total. The fourth-order valence-electron chi connectivity index (χ4n) is 1.48. The summed E-state index contributed by atoms with van der Waals surface area (Å²) in [6.45, 7) is 2.78. The SMILES string of the molecule is Cc1nccn1Cc1cccc(N)c1Br. The number of benzene rings is 1. The highest BCUT2D eigenvalue weighted by molar-refractivity contribution is 9.10. The van der Waals surface area contributed by atoms with E-state index in [9.17, 15) is 0 Å². The van der Waals surface area contributed by atoms with Crippen molar-refractivity contribution in [2.45, 2.75) is 13.5 Å². The van der Waals surface area contributed by atoms with E-state index in [0.29, 0.717) is 0 Å². The average molecular weight is 266 g/mol. The zero-order chi connectivity index (χ0) is 10.8. The van der Waals surface area contributed by atoms with Crippen LogP contribution in [-0.4, -0.2) is 9.55 Å². The number of halogens is 1. The molecular formula is C11H12BrN3. The maximum Gasteiger partial charge on any atom is 0.105 e. The average Bonchev–Trinajstić information content (AvgIpc) is 2.60. The van der Waals surface area contributed by atoms with E-state index >= 15 is 0 Å². The molecule has 15 heavy (non-hydrogen) atoms. The van der Waals surface area contributed by atoms with Crippen LogP contribution in [0, 0.1) is 6.92 Å². The van der Waals surface area contributed by atoms with Crippen molar-refractivity contribution in [3.05, 3.63) is 46.5 Å². The second-order valence-corrected chi connectivity index (χ2v) is 4.22. The summed E-state index contributed by atoms with van der Waals surface area (Å²) in [5.41, 5.74) is 7.75. The van der Waals surface area contributed by atoms with Gasteiger partial charge in [0.15, 0.2) is 0 Å². The quantitative estimate of drug-likeness (QED) is 0.849. The smallest absolute Gasteiger partial charge is 0.105 e. The first-order valence-corrected chi connectivity index (χ1v) is 5.48. The van der Waals surface area contributed by atoms with Gasteiger partial charge in [0.25, 0.3) is 0 Å². The van der Waals surface area contributed by atoms with Gasteiger partial charge in [-0.25, -0.2) is 4.98 Å². The minimum Gasteiger partial charge on any atom is -0.398 e. The van der Waals surface area contributed by atoms with Crippen molar-refractivity contribution in [2.75, 3.05) is 5.73 Å². The molecule has 0 atom stereocenters. The fraction of sp³-hybridized carbons (Fsp3) is 0.182. The molecule has 1 aromatic heterocycles. The maximum atomic E-state index is 5.82. The Labute approximate surface area is 97.1 Å². The molecule has 1 aromatic carbocycles. The molecule has 0 radical (unpaired) electrons. The standard InChI is InChI=1S/C11H12BrN3/c1-8-14-5-6-15(8)7-9-3-2-4-10(13)11(9)12/h2-6H,7,13H2,1H3. The van der Waals surface area contributed by atoms with Gasteiger partial charge in [0.05, 0.1) is 0 Å².